The highest BCUT2D eigenvalue weighted by Gasteiger charge is 2.39. The van der Waals surface area contributed by atoms with E-state index in [1.165, 1.54) is 4.90 Å². The molecule has 1 unspecified atom stereocenters. The van der Waals surface area contributed by atoms with E-state index in [9.17, 15) is 14.4 Å². The molecule has 0 aromatic heterocycles. The molecule has 4 amide bonds. The molecule has 9 nitrogen and oxygen atoms in total. The summed E-state index contributed by atoms with van der Waals surface area (Å²) in [4.78, 5) is 41.2. The van der Waals surface area contributed by atoms with Crippen molar-refractivity contribution in [1.82, 2.24) is 15.1 Å². The summed E-state index contributed by atoms with van der Waals surface area (Å²) in [5.41, 5.74) is 1.68. The zero-order valence-electron chi connectivity index (χ0n) is 18.2. The number of ether oxygens (including phenoxy) is 2. The van der Waals surface area contributed by atoms with Crippen LogP contribution in [-0.2, 0) is 16.0 Å². The Labute approximate surface area is 191 Å². The number of hydrogen-bond donors (Lipinski definition) is 2. The lowest BCUT2D eigenvalue weighted by molar-refractivity contribution is -0.129. The van der Waals surface area contributed by atoms with Crippen LogP contribution in [0.1, 0.15) is 18.4 Å². The summed E-state index contributed by atoms with van der Waals surface area (Å²) >= 11 is 0. The number of carbonyl (C=O) groups excluding carboxylic acids is 3. The van der Waals surface area contributed by atoms with Crippen LogP contribution in [-0.4, -0.2) is 60.2 Å². The minimum Gasteiger partial charge on any atom is -0.454 e. The molecule has 3 aliphatic rings. The highest BCUT2D eigenvalue weighted by atomic mass is 16.7. The Hall–Kier alpha value is -3.59. The van der Waals surface area contributed by atoms with Crippen LogP contribution >= 0.6 is 0 Å². The number of hydrogen-bond acceptors (Lipinski definition) is 6. The first kappa shape index (κ1) is 21.3. The van der Waals surface area contributed by atoms with Gasteiger partial charge in [0.05, 0.1) is 6.67 Å². The van der Waals surface area contributed by atoms with Gasteiger partial charge < -0.3 is 20.1 Å². The average Bonchev–Trinajstić information content (AvgIpc) is 3.40. The molecule has 0 radical (unpaired) electrons. The Morgan fingerprint density at radius 1 is 1.03 bits per heavy atom. The van der Waals surface area contributed by atoms with Crippen LogP contribution in [0.25, 0.3) is 0 Å². The summed E-state index contributed by atoms with van der Waals surface area (Å²) in [6.45, 7) is 1.71. The highest BCUT2D eigenvalue weighted by molar-refractivity contribution is 6.04. The van der Waals surface area contributed by atoms with Crippen molar-refractivity contribution < 1.29 is 23.9 Å². The summed E-state index contributed by atoms with van der Waals surface area (Å²) in [5.74, 6) is 0.938. The number of nitrogens with zero attached hydrogens (tertiary/aromatic N) is 2. The SMILES string of the molecule is O=C(Nc1ccc2c(c1)OCO2)C1CCN(CN2C(=O)NC(Cc3ccccc3)C2=O)CC1. The van der Waals surface area contributed by atoms with E-state index in [4.69, 9.17) is 9.47 Å². The fourth-order valence-corrected chi connectivity index (χ4v) is 4.45. The Balaban J connectivity index is 1.11. The topological polar surface area (TPSA) is 100 Å². The lowest BCUT2D eigenvalue weighted by atomic mass is 9.96. The van der Waals surface area contributed by atoms with E-state index in [1.54, 1.807) is 18.2 Å². The Bertz CT molecular complexity index is 1050. The van der Waals surface area contributed by atoms with Gasteiger partial charge in [0.2, 0.25) is 12.7 Å². The van der Waals surface area contributed by atoms with Gasteiger partial charge in [-0.3, -0.25) is 14.5 Å². The molecule has 0 spiro atoms. The van der Waals surface area contributed by atoms with Crippen molar-refractivity contribution in [3.05, 3.63) is 54.1 Å². The maximum atomic E-state index is 12.8. The van der Waals surface area contributed by atoms with E-state index in [0.717, 1.165) is 5.56 Å². The number of anilines is 1. The van der Waals surface area contributed by atoms with Crippen LogP contribution in [0.3, 0.4) is 0 Å². The van der Waals surface area contributed by atoms with Crippen molar-refractivity contribution in [1.29, 1.82) is 0 Å². The maximum Gasteiger partial charge on any atom is 0.325 e. The number of benzene rings is 2. The van der Waals surface area contributed by atoms with Crippen LogP contribution in [0.2, 0.25) is 0 Å². The largest absolute Gasteiger partial charge is 0.454 e. The van der Waals surface area contributed by atoms with Crippen molar-refractivity contribution in [2.45, 2.75) is 25.3 Å². The van der Waals surface area contributed by atoms with Crippen LogP contribution < -0.4 is 20.1 Å². The van der Waals surface area contributed by atoms with Crippen molar-refractivity contribution in [3.8, 4) is 11.5 Å². The van der Waals surface area contributed by atoms with Gasteiger partial charge in [-0.1, -0.05) is 30.3 Å². The molecule has 172 valence electrons. The van der Waals surface area contributed by atoms with E-state index in [0.29, 0.717) is 49.5 Å². The summed E-state index contributed by atoms with van der Waals surface area (Å²) in [6.07, 6.45) is 1.80. The molecule has 2 aromatic rings. The fourth-order valence-electron chi connectivity index (χ4n) is 4.45. The number of urea groups is 1. The number of nitrogens with one attached hydrogen (secondary N) is 2. The molecular weight excluding hydrogens is 424 g/mol. The van der Waals surface area contributed by atoms with E-state index in [-0.39, 0.29) is 37.2 Å². The third-order valence-corrected chi connectivity index (χ3v) is 6.33. The predicted molar refractivity (Wildman–Crippen MR) is 120 cm³/mol. The first-order chi connectivity index (χ1) is 16.1. The molecule has 33 heavy (non-hydrogen) atoms. The molecular formula is C24H26N4O5. The number of carbonyl (C=O) groups is 3. The molecule has 0 saturated carbocycles. The third-order valence-electron chi connectivity index (χ3n) is 6.33. The number of imide groups is 1. The zero-order valence-corrected chi connectivity index (χ0v) is 18.2. The molecule has 2 aromatic carbocycles. The number of piperidine rings is 1. The quantitative estimate of drug-likeness (QED) is 0.655. The normalized spacial score (nSPS) is 20.7. The van der Waals surface area contributed by atoms with E-state index >= 15 is 0 Å². The van der Waals surface area contributed by atoms with Gasteiger partial charge in [-0.2, -0.15) is 0 Å². The maximum absolute atomic E-state index is 12.8. The minimum atomic E-state index is -0.537. The fraction of sp³-hybridized carbons (Fsp3) is 0.375. The first-order valence-corrected chi connectivity index (χ1v) is 11.2. The molecule has 2 N–H and O–H groups in total. The number of likely N-dealkylation sites (tertiary alicyclic amines) is 1. The van der Waals surface area contributed by atoms with Crippen molar-refractivity contribution in [2.24, 2.45) is 5.92 Å². The second-order valence-corrected chi connectivity index (χ2v) is 8.55. The van der Waals surface area contributed by atoms with Crippen LogP contribution in [0.15, 0.2) is 48.5 Å². The van der Waals surface area contributed by atoms with Crippen LogP contribution in [0, 0.1) is 5.92 Å². The molecule has 5 rings (SSSR count). The van der Waals surface area contributed by atoms with E-state index < -0.39 is 6.04 Å². The van der Waals surface area contributed by atoms with E-state index in [2.05, 4.69) is 10.6 Å². The van der Waals surface area contributed by atoms with Gasteiger partial charge in [0.1, 0.15) is 6.04 Å². The van der Waals surface area contributed by atoms with Gasteiger partial charge in [-0.15, -0.1) is 0 Å². The van der Waals surface area contributed by atoms with Crippen LogP contribution in [0.4, 0.5) is 10.5 Å². The lowest BCUT2D eigenvalue weighted by Gasteiger charge is -2.33. The summed E-state index contributed by atoms with van der Waals surface area (Å²) < 4.78 is 10.7. The number of fused-ring (bicyclic) bond motifs is 1. The molecule has 0 bridgehead atoms. The lowest BCUT2D eigenvalue weighted by Crippen LogP contribution is -2.46. The zero-order chi connectivity index (χ0) is 22.8. The summed E-state index contributed by atoms with van der Waals surface area (Å²) in [7, 11) is 0. The number of rotatable bonds is 6. The van der Waals surface area contributed by atoms with Crippen LogP contribution in [0.5, 0.6) is 11.5 Å². The van der Waals surface area contributed by atoms with Gasteiger partial charge in [0, 0.05) is 37.2 Å². The molecule has 0 aliphatic carbocycles. The minimum absolute atomic E-state index is 0.0357. The van der Waals surface area contributed by atoms with Crippen molar-refractivity contribution >= 4 is 23.5 Å². The molecule has 1 atom stereocenters. The highest BCUT2D eigenvalue weighted by Crippen LogP contribution is 2.34. The molecule has 2 fully saturated rings. The van der Waals surface area contributed by atoms with Crippen molar-refractivity contribution in [2.75, 3.05) is 31.9 Å². The Kier molecular flexibility index (Phi) is 5.87. The first-order valence-electron chi connectivity index (χ1n) is 11.2. The molecule has 9 heteroatoms. The predicted octanol–water partition coefficient (Wildman–Crippen LogP) is 2.19. The van der Waals surface area contributed by atoms with Gasteiger partial charge in [-0.05, 0) is 30.5 Å². The average molecular weight is 450 g/mol. The monoisotopic (exact) mass is 450 g/mol. The standard InChI is InChI=1S/C24H26N4O5/c29-22(25-18-6-7-20-21(13-18)33-15-32-20)17-8-10-27(11-9-17)14-28-23(30)19(26-24(28)31)12-16-4-2-1-3-5-16/h1-7,13,17,19H,8-12,14-15H2,(H,25,29)(H,26,31). The summed E-state index contributed by atoms with van der Waals surface area (Å²) in [5, 5.41) is 5.74. The Morgan fingerprint density at radius 2 is 1.79 bits per heavy atom. The van der Waals surface area contributed by atoms with E-state index in [1.807, 2.05) is 35.2 Å². The van der Waals surface area contributed by atoms with Gasteiger partial charge in [-0.25, -0.2) is 9.69 Å². The second kappa shape index (κ2) is 9.11. The van der Waals surface area contributed by atoms with Gasteiger partial charge >= 0.3 is 6.03 Å². The number of amides is 4. The molecule has 3 aliphatic heterocycles. The second-order valence-electron chi connectivity index (χ2n) is 8.55. The molecule has 2 saturated heterocycles. The third kappa shape index (κ3) is 4.63. The van der Waals surface area contributed by atoms with Gasteiger partial charge in [0.15, 0.2) is 11.5 Å². The smallest absolute Gasteiger partial charge is 0.325 e. The summed E-state index contributed by atoms with van der Waals surface area (Å²) in [6, 6.07) is 14.1. The van der Waals surface area contributed by atoms with Gasteiger partial charge in [0.25, 0.3) is 5.91 Å². The molecule has 3 heterocycles. The Morgan fingerprint density at radius 3 is 2.58 bits per heavy atom. The van der Waals surface area contributed by atoms with Crippen molar-refractivity contribution in [3.63, 3.8) is 0 Å².